The molecule has 0 spiro atoms. The average Bonchev–Trinajstić information content (AvgIpc) is 3.16. The molecule has 2 fully saturated rings. The highest BCUT2D eigenvalue weighted by Crippen LogP contribution is 2.47. The van der Waals surface area contributed by atoms with Gasteiger partial charge in [-0.05, 0) is 33.6 Å². The quantitative estimate of drug-likeness (QED) is 0.545. The van der Waals surface area contributed by atoms with Crippen molar-refractivity contribution in [3.8, 4) is 0 Å². The largest absolute Gasteiger partial charge is 0.357 e. The second-order valence-corrected chi connectivity index (χ2v) is 12.6. The number of hydrogen-bond acceptors (Lipinski definition) is 5. The smallest absolute Gasteiger partial charge is 0.194 e. The van der Waals surface area contributed by atoms with Crippen LogP contribution in [0.4, 0.5) is 0 Å². The van der Waals surface area contributed by atoms with Gasteiger partial charge in [-0.25, -0.2) is 16.8 Å². The third-order valence-electron chi connectivity index (χ3n) is 4.77. The van der Waals surface area contributed by atoms with E-state index < -0.39 is 24.4 Å². The first-order valence-corrected chi connectivity index (χ1v) is 12.0. The van der Waals surface area contributed by atoms with Crippen molar-refractivity contribution in [3.63, 3.8) is 0 Å². The number of guanidine groups is 1. The molecule has 0 bridgehead atoms. The maximum Gasteiger partial charge on any atom is 0.194 e. The van der Waals surface area contributed by atoms with Gasteiger partial charge in [-0.15, -0.1) is 0 Å². The van der Waals surface area contributed by atoms with Crippen LogP contribution in [0.5, 0.6) is 0 Å². The fourth-order valence-electron chi connectivity index (χ4n) is 3.07. The molecule has 1 heterocycles. The topological polar surface area (TPSA) is 95.9 Å². The van der Waals surface area contributed by atoms with Gasteiger partial charge in [-0.3, -0.25) is 4.99 Å². The standard InChI is InChI=1S/C15H29N3O4S2/c1-5-16-13(17-10-15(6-7-15)12-23(4,19)20)18-8-9-24(21,22)14(2,3)11-18/h5-12H2,1-4H3,(H,16,17). The molecule has 2 aliphatic rings. The van der Waals surface area contributed by atoms with Crippen LogP contribution in [0.15, 0.2) is 4.99 Å². The Morgan fingerprint density at radius 1 is 1.29 bits per heavy atom. The SMILES string of the molecule is CCNC(=NCC1(CS(C)(=O)=O)CC1)N1CCS(=O)(=O)C(C)(C)C1. The summed E-state index contributed by atoms with van der Waals surface area (Å²) in [6, 6.07) is 0. The summed E-state index contributed by atoms with van der Waals surface area (Å²) in [6.45, 7) is 7.39. The summed E-state index contributed by atoms with van der Waals surface area (Å²) < 4.78 is 46.7. The van der Waals surface area contributed by atoms with Gasteiger partial charge in [-0.1, -0.05) is 0 Å². The first kappa shape index (κ1) is 19.5. The molecule has 0 aromatic heterocycles. The Morgan fingerprint density at radius 3 is 2.38 bits per heavy atom. The fraction of sp³-hybridized carbons (Fsp3) is 0.933. The first-order chi connectivity index (χ1) is 10.9. The molecule has 140 valence electrons. The number of sulfone groups is 2. The van der Waals surface area contributed by atoms with Crippen LogP contribution in [-0.4, -0.2) is 76.4 Å². The molecule has 2 rings (SSSR count). The van der Waals surface area contributed by atoms with E-state index in [0.29, 0.717) is 32.1 Å². The van der Waals surface area contributed by atoms with Crippen LogP contribution >= 0.6 is 0 Å². The van der Waals surface area contributed by atoms with Crippen molar-refractivity contribution in [1.29, 1.82) is 0 Å². The first-order valence-electron chi connectivity index (χ1n) is 8.33. The van der Waals surface area contributed by atoms with Crippen molar-refractivity contribution >= 4 is 25.6 Å². The maximum atomic E-state index is 12.2. The molecule has 1 saturated carbocycles. The van der Waals surface area contributed by atoms with Crippen molar-refractivity contribution in [3.05, 3.63) is 0 Å². The fourth-order valence-corrected chi connectivity index (χ4v) is 5.93. The summed E-state index contributed by atoms with van der Waals surface area (Å²) in [6.07, 6.45) is 3.02. The highest BCUT2D eigenvalue weighted by Gasteiger charge is 2.46. The highest BCUT2D eigenvalue weighted by molar-refractivity contribution is 7.92. The summed E-state index contributed by atoms with van der Waals surface area (Å²) in [5, 5.41) is 3.21. The van der Waals surface area contributed by atoms with E-state index in [1.54, 1.807) is 13.8 Å². The van der Waals surface area contributed by atoms with Gasteiger partial charge in [0.1, 0.15) is 9.84 Å². The van der Waals surface area contributed by atoms with E-state index in [4.69, 9.17) is 0 Å². The zero-order valence-corrected chi connectivity index (χ0v) is 16.6. The van der Waals surface area contributed by atoms with Crippen molar-refractivity contribution in [1.82, 2.24) is 10.2 Å². The van der Waals surface area contributed by atoms with Crippen LogP contribution < -0.4 is 5.32 Å². The molecular weight excluding hydrogens is 350 g/mol. The molecule has 1 aliphatic carbocycles. The summed E-state index contributed by atoms with van der Waals surface area (Å²) in [5.41, 5.74) is -0.231. The van der Waals surface area contributed by atoms with Crippen molar-refractivity contribution in [2.75, 3.05) is 43.9 Å². The molecule has 0 unspecified atom stereocenters. The summed E-state index contributed by atoms with van der Waals surface area (Å²) in [4.78, 5) is 6.61. The monoisotopic (exact) mass is 379 g/mol. The van der Waals surface area contributed by atoms with Gasteiger partial charge >= 0.3 is 0 Å². The Kier molecular flexibility index (Phi) is 5.26. The molecule has 24 heavy (non-hydrogen) atoms. The van der Waals surface area contributed by atoms with Gasteiger partial charge in [0.05, 0.1) is 16.3 Å². The van der Waals surface area contributed by atoms with Gasteiger partial charge in [-0.2, -0.15) is 0 Å². The van der Waals surface area contributed by atoms with E-state index in [0.717, 1.165) is 12.8 Å². The second kappa shape index (κ2) is 6.48. The molecule has 0 atom stereocenters. The predicted molar refractivity (Wildman–Crippen MR) is 96.8 cm³/mol. The molecule has 7 nitrogen and oxygen atoms in total. The van der Waals surface area contributed by atoms with Gasteiger partial charge < -0.3 is 10.2 Å². The van der Waals surface area contributed by atoms with Crippen LogP contribution in [0, 0.1) is 5.41 Å². The highest BCUT2D eigenvalue weighted by atomic mass is 32.2. The molecule has 0 aromatic rings. The Morgan fingerprint density at radius 2 is 1.92 bits per heavy atom. The summed E-state index contributed by atoms with van der Waals surface area (Å²) >= 11 is 0. The Balaban J connectivity index is 2.12. The van der Waals surface area contributed by atoms with Crippen LogP contribution in [0.3, 0.4) is 0 Å². The zero-order valence-electron chi connectivity index (χ0n) is 15.0. The molecule has 9 heteroatoms. The number of rotatable bonds is 5. The number of hydrogen-bond donors (Lipinski definition) is 1. The van der Waals surface area contributed by atoms with E-state index in [2.05, 4.69) is 10.3 Å². The minimum absolute atomic E-state index is 0.110. The second-order valence-electron chi connectivity index (χ2n) is 7.74. The average molecular weight is 380 g/mol. The van der Waals surface area contributed by atoms with Crippen molar-refractivity contribution in [2.45, 2.75) is 38.4 Å². The van der Waals surface area contributed by atoms with E-state index in [1.165, 1.54) is 6.26 Å². The molecule has 0 aromatic carbocycles. The lowest BCUT2D eigenvalue weighted by Gasteiger charge is -2.39. The lowest BCUT2D eigenvalue weighted by atomic mass is 10.1. The van der Waals surface area contributed by atoms with E-state index >= 15 is 0 Å². The van der Waals surface area contributed by atoms with Crippen molar-refractivity contribution < 1.29 is 16.8 Å². The zero-order chi connectivity index (χ0) is 18.2. The molecule has 0 amide bonds. The summed E-state index contributed by atoms with van der Waals surface area (Å²) in [7, 11) is -6.12. The third-order valence-corrected chi connectivity index (χ3v) is 8.44. The molecular formula is C15H29N3O4S2. The van der Waals surface area contributed by atoms with Gasteiger partial charge in [0.25, 0.3) is 0 Å². The third kappa shape index (κ3) is 4.62. The van der Waals surface area contributed by atoms with E-state index in [9.17, 15) is 16.8 Å². The molecule has 1 N–H and O–H groups in total. The molecule has 1 aliphatic heterocycles. The number of aliphatic imine (C=N–C) groups is 1. The molecule has 1 saturated heterocycles. The van der Waals surface area contributed by atoms with Crippen LogP contribution in [0.25, 0.3) is 0 Å². The minimum atomic E-state index is -3.10. The summed E-state index contributed by atoms with van der Waals surface area (Å²) in [5.74, 6) is 0.960. The Bertz CT molecular complexity index is 707. The van der Waals surface area contributed by atoms with Gasteiger partial charge in [0, 0.05) is 37.8 Å². The predicted octanol–water partition coefficient (Wildman–Crippen LogP) is 0.286. The van der Waals surface area contributed by atoms with Gasteiger partial charge in [0.15, 0.2) is 15.8 Å². The Labute approximate surface area is 145 Å². The van der Waals surface area contributed by atoms with E-state index in [-0.39, 0.29) is 16.9 Å². The number of nitrogens with zero attached hydrogens (tertiary/aromatic N) is 2. The van der Waals surface area contributed by atoms with Crippen LogP contribution in [0.1, 0.15) is 33.6 Å². The van der Waals surface area contributed by atoms with Crippen LogP contribution in [0.2, 0.25) is 0 Å². The Hall–Kier alpha value is -0.830. The van der Waals surface area contributed by atoms with Crippen molar-refractivity contribution in [2.24, 2.45) is 10.4 Å². The minimum Gasteiger partial charge on any atom is -0.357 e. The lowest BCUT2D eigenvalue weighted by molar-refractivity contribution is 0.352. The van der Waals surface area contributed by atoms with Crippen LogP contribution in [-0.2, 0) is 19.7 Å². The number of nitrogens with one attached hydrogen (secondary N) is 1. The normalized spacial score (nSPS) is 25.3. The molecule has 0 radical (unpaired) electrons. The lowest BCUT2D eigenvalue weighted by Crippen LogP contribution is -2.57. The van der Waals surface area contributed by atoms with E-state index in [1.807, 2.05) is 11.8 Å². The van der Waals surface area contributed by atoms with Gasteiger partial charge in [0.2, 0.25) is 0 Å². The maximum absolute atomic E-state index is 12.2.